The number of morpholine rings is 1. The Morgan fingerprint density at radius 3 is 2.45 bits per heavy atom. The molecule has 1 heterocycles. The number of rotatable bonds is 9. The number of hydrogen-bond donors (Lipinski definition) is 0. The van der Waals surface area contributed by atoms with E-state index >= 15 is 0 Å². The molecular weight excluding hydrogens is 430 g/mol. The summed E-state index contributed by atoms with van der Waals surface area (Å²) in [5, 5.41) is 0. The minimum absolute atomic E-state index is 0.141. The highest BCUT2D eigenvalue weighted by Crippen LogP contribution is 2.31. The van der Waals surface area contributed by atoms with Crippen LogP contribution in [-0.2, 0) is 33.3 Å². The number of ether oxygens (including phenoxy) is 5. The van der Waals surface area contributed by atoms with Crippen LogP contribution < -0.4 is 9.64 Å². The number of para-hydroxylation sites is 2. The van der Waals surface area contributed by atoms with Crippen molar-refractivity contribution in [2.75, 3.05) is 31.8 Å². The average Bonchev–Trinajstić information content (AvgIpc) is 2.71. The molecular formula is C24H35NO8. The van der Waals surface area contributed by atoms with Gasteiger partial charge in [0.2, 0.25) is 6.10 Å². The number of benzene rings is 1. The van der Waals surface area contributed by atoms with Gasteiger partial charge in [-0.05, 0) is 46.8 Å². The van der Waals surface area contributed by atoms with Crippen LogP contribution in [0.25, 0.3) is 0 Å². The number of carbonyl (C=O) groups excluding carboxylic acids is 3. The fourth-order valence-electron chi connectivity index (χ4n) is 3.15. The Balaban J connectivity index is 2.25. The highest BCUT2D eigenvalue weighted by Gasteiger charge is 2.44. The highest BCUT2D eigenvalue weighted by atomic mass is 16.6. The van der Waals surface area contributed by atoms with Crippen molar-refractivity contribution in [3.8, 4) is 5.75 Å². The van der Waals surface area contributed by atoms with Crippen molar-refractivity contribution in [2.24, 2.45) is 0 Å². The number of esters is 2. The lowest BCUT2D eigenvalue weighted by atomic mass is 10.1. The first kappa shape index (κ1) is 26.6. The van der Waals surface area contributed by atoms with Crippen molar-refractivity contribution >= 4 is 23.5 Å². The quantitative estimate of drug-likeness (QED) is 0.513. The summed E-state index contributed by atoms with van der Waals surface area (Å²) < 4.78 is 27.5. The van der Waals surface area contributed by atoms with E-state index in [0.717, 1.165) is 6.92 Å². The van der Waals surface area contributed by atoms with Crippen LogP contribution in [0.15, 0.2) is 24.3 Å². The molecule has 0 unspecified atom stereocenters. The van der Waals surface area contributed by atoms with Gasteiger partial charge in [0.25, 0.3) is 5.91 Å². The lowest BCUT2D eigenvalue weighted by Gasteiger charge is -2.36. The summed E-state index contributed by atoms with van der Waals surface area (Å²) >= 11 is 0. The monoisotopic (exact) mass is 465 g/mol. The molecule has 0 bridgehead atoms. The molecule has 9 heteroatoms. The molecule has 0 saturated carbocycles. The number of hydrogen-bond acceptors (Lipinski definition) is 8. The molecule has 0 spiro atoms. The normalized spacial score (nSPS) is 18.0. The summed E-state index contributed by atoms with van der Waals surface area (Å²) in [4.78, 5) is 39.2. The van der Waals surface area contributed by atoms with Crippen LogP contribution in [0.3, 0.4) is 0 Å². The van der Waals surface area contributed by atoms with E-state index in [1.165, 1.54) is 4.90 Å². The van der Waals surface area contributed by atoms with Crippen LogP contribution in [0.2, 0.25) is 0 Å². The Morgan fingerprint density at radius 1 is 1.18 bits per heavy atom. The first-order chi connectivity index (χ1) is 15.3. The maximum absolute atomic E-state index is 13.4. The molecule has 0 aromatic heterocycles. The van der Waals surface area contributed by atoms with Crippen molar-refractivity contribution in [1.29, 1.82) is 0 Å². The van der Waals surface area contributed by atoms with Crippen molar-refractivity contribution in [2.45, 2.75) is 71.4 Å². The molecule has 33 heavy (non-hydrogen) atoms. The van der Waals surface area contributed by atoms with E-state index < -0.39 is 35.7 Å². The van der Waals surface area contributed by atoms with Gasteiger partial charge in [0.05, 0.1) is 24.5 Å². The summed E-state index contributed by atoms with van der Waals surface area (Å²) in [5.74, 6) is -1.57. The van der Waals surface area contributed by atoms with Crippen molar-refractivity contribution in [1.82, 2.24) is 0 Å². The largest absolute Gasteiger partial charge is 0.491 e. The Kier molecular flexibility index (Phi) is 8.85. The van der Waals surface area contributed by atoms with Gasteiger partial charge in [-0.25, -0.2) is 4.79 Å². The predicted octanol–water partition coefficient (Wildman–Crippen LogP) is 2.89. The maximum atomic E-state index is 13.4. The van der Waals surface area contributed by atoms with Gasteiger partial charge in [0.1, 0.15) is 11.4 Å². The lowest BCUT2D eigenvalue weighted by molar-refractivity contribution is -0.188. The molecule has 0 N–H and O–H groups in total. The van der Waals surface area contributed by atoms with Gasteiger partial charge in [-0.3, -0.25) is 9.59 Å². The fraction of sp³-hybridized carbons (Fsp3) is 0.625. The average molecular weight is 466 g/mol. The highest BCUT2D eigenvalue weighted by molar-refractivity contribution is 6.01. The summed E-state index contributed by atoms with van der Waals surface area (Å²) in [6.07, 6.45) is -2.21. The Bertz CT molecular complexity index is 845. The first-order valence-corrected chi connectivity index (χ1v) is 10.9. The van der Waals surface area contributed by atoms with Crippen LogP contribution >= 0.6 is 0 Å². The van der Waals surface area contributed by atoms with E-state index in [1.807, 2.05) is 19.9 Å². The van der Waals surface area contributed by atoms with Crippen LogP contribution in [0.5, 0.6) is 5.75 Å². The smallest absolute Gasteiger partial charge is 0.351 e. The Hall–Kier alpha value is -2.65. The minimum atomic E-state index is -1.52. The molecule has 1 aromatic rings. The molecule has 1 fully saturated rings. The number of carbonyl (C=O) groups is 3. The zero-order valence-corrected chi connectivity index (χ0v) is 20.5. The SMILES string of the molecule is COC(C)(C)CCOc1ccccc1N1CCO[C@H]([C@@H](OC(C)=O)C(=O)OC(C)(C)C)C1=O. The molecule has 1 amide bonds. The van der Waals surface area contributed by atoms with Crippen LogP contribution in [0, 0.1) is 0 Å². The molecule has 2 rings (SSSR count). The summed E-state index contributed by atoms with van der Waals surface area (Å²) in [6.45, 7) is 10.9. The van der Waals surface area contributed by atoms with E-state index in [-0.39, 0.29) is 18.8 Å². The van der Waals surface area contributed by atoms with Crippen LogP contribution in [0.4, 0.5) is 5.69 Å². The molecule has 0 radical (unpaired) electrons. The minimum Gasteiger partial charge on any atom is -0.491 e. The van der Waals surface area contributed by atoms with Crippen LogP contribution in [0.1, 0.15) is 48.0 Å². The zero-order valence-electron chi connectivity index (χ0n) is 20.5. The van der Waals surface area contributed by atoms with Crippen molar-refractivity contribution < 1.29 is 38.1 Å². The molecule has 1 saturated heterocycles. The molecule has 0 aliphatic carbocycles. The maximum Gasteiger partial charge on any atom is 0.351 e. The van der Waals surface area contributed by atoms with Gasteiger partial charge in [0, 0.05) is 27.0 Å². The second kappa shape index (κ2) is 11.0. The number of nitrogens with zero attached hydrogens (tertiary/aromatic N) is 1. The van der Waals surface area contributed by atoms with E-state index in [2.05, 4.69) is 0 Å². The third-order valence-electron chi connectivity index (χ3n) is 5.00. The standard InChI is InChI=1S/C24H35NO8/c1-16(26)32-20(22(28)33-23(2,3)4)19-21(27)25(13-15-31-19)17-10-8-9-11-18(17)30-14-12-24(5,6)29-7/h8-11,19-20H,12-15H2,1-7H3/t19-,20-/m1/s1. The third kappa shape index (κ3) is 7.71. The van der Waals surface area contributed by atoms with Gasteiger partial charge in [-0.1, -0.05) is 12.1 Å². The van der Waals surface area contributed by atoms with E-state index in [1.54, 1.807) is 46.1 Å². The second-order valence-corrected chi connectivity index (χ2v) is 9.37. The van der Waals surface area contributed by atoms with Gasteiger partial charge >= 0.3 is 11.9 Å². The predicted molar refractivity (Wildman–Crippen MR) is 121 cm³/mol. The summed E-state index contributed by atoms with van der Waals surface area (Å²) in [5.41, 5.74) is -0.639. The molecule has 2 atom stereocenters. The molecule has 1 aliphatic rings. The lowest BCUT2D eigenvalue weighted by Crippen LogP contribution is -2.56. The summed E-state index contributed by atoms with van der Waals surface area (Å²) in [7, 11) is 1.64. The van der Waals surface area contributed by atoms with Crippen molar-refractivity contribution in [3.63, 3.8) is 0 Å². The van der Waals surface area contributed by atoms with Gasteiger partial charge in [-0.15, -0.1) is 0 Å². The number of anilines is 1. The third-order valence-corrected chi connectivity index (χ3v) is 5.00. The topological polar surface area (TPSA) is 101 Å². The van der Waals surface area contributed by atoms with Gasteiger partial charge in [-0.2, -0.15) is 0 Å². The van der Waals surface area contributed by atoms with E-state index in [9.17, 15) is 14.4 Å². The van der Waals surface area contributed by atoms with Gasteiger partial charge < -0.3 is 28.6 Å². The number of amides is 1. The van der Waals surface area contributed by atoms with Crippen LogP contribution in [-0.4, -0.2) is 68.1 Å². The van der Waals surface area contributed by atoms with Crippen molar-refractivity contribution in [3.05, 3.63) is 24.3 Å². The zero-order chi connectivity index (χ0) is 24.8. The van der Waals surface area contributed by atoms with E-state index in [4.69, 9.17) is 23.7 Å². The molecule has 1 aromatic carbocycles. The Labute approximate surface area is 195 Å². The van der Waals surface area contributed by atoms with Gasteiger partial charge in [0.15, 0.2) is 6.10 Å². The molecule has 184 valence electrons. The Morgan fingerprint density at radius 2 is 1.85 bits per heavy atom. The number of methoxy groups -OCH3 is 1. The van der Waals surface area contributed by atoms with E-state index in [0.29, 0.717) is 24.5 Å². The fourth-order valence-corrected chi connectivity index (χ4v) is 3.15. The molecule has 1 aliphatic heterocycles. The first-order valence-electron chi connectivity index (χ1n) is 10.9. The second-order valence-electron chi connectivity index (χ2n) is 9.37. The molecule has 9 nitrogen and oxygen atoms in total. The summed E-state index contributed by atoms with van der Waals surface area (Å²) in [6, 6.07) is 7.12.